The smallest absolute Gasteiger partial charge is 0.406 e. The molecule has 0 saturated carbocycles. The fourth-order valence-electron chi connectivity index (χ4n) is 1.89. The predicted octanol–water partition coefficient (Wildman–Crippen LogP) is 1.34. The van der Waals surface area contributed by atoms with E-state index >= 15 is 0 Å². The molecular weight excluding hydrogens is 299 g/mol. The molecule has 1 N–H and O–H groups in total. The molecule has 9 heteroatoms. The highest BCUT2D eigenvalue weighted by molar-refractivity contribution is 7.89. The lowest BCUT2D eigenvalue weighted by Gasteiger charge is -2.16. The summed E-state index contributed by atoms with van der Waals surface area (Å²) in [4.78, 5) is -0.138. The van der Waals surface area contributed by atoms with Crippen molar-refractivity contribution in [3.05, 3.63) is 24.3 Å². The Kier molecular flexibility index (Phi) is 3.94. The highest BCUT2D eigenvalue weighted by Crippen LogP contribution is 2.26. The summed E-state index contributed by atoms with van der Waals surface area (Å²) in [6.07, 6.45) is -5.19. The van der Waals surface area contributed by atoms with Crippen molar-refractivity contribution in [3.63, 3.8) is 0 Å². The first kappa shape index (κ1) is 15.1. The number of alkyl halides is 3. The number of halogens is 3. The maximum absolute atomic E-state index is 12.1. The van der Waals surface area contributed by atoms with Gasteiger partial charge < -0.3 is 9.84 Å². The molecular formula is C11H12F3NO4S. The summed E-state index contributed by atoms with van der Waals surface area (Å²) < 4.78 is 65.0. The lowest BCUT2D eigenvalue weighted by molar-refractivity contribution is -0.274. The molecule has 1 aromatic carbocycles. The molecule has 1 saturated heterocycles. The Morgan fingerprint density at radius 2 is 1.85 bits per heavy atom. The molecule has 20 heavy (non-hydrogen) atoms. The summed E-state index contributed by atoms with van der Waals surface area (Å²) in [6.45, 7) is 0.174. The number of sulfonamides is 1. The largest absolute Gasteiger partial charge is 0.573 e. The number of ether oxygens (including phenoxy) is 1. The molecule has 5 nitrogen and oxygen atoms in total. The van der Waals surface area contributed by atoms with Gasteiger partial charge in [-0.3, -0.25) is 0 Å². The highest BCUT2D eigenvalue weighted by Gasteiger charge is 2.33. The Hall–Kier alpha value is -1.32. The van der Waals surface area contributed by atoms with Gasteiger partial charge in [0.15, 0.2) is 0 Å². The first-order valence-corrected chi connectivity index (χ1v) is 7.16. The molecule has 0 aliphatic carbocycles. The maximum Gasteiger partial charge on any atom is 0.573 e. The summed E-state index contributed by atoms with van der Waals surface area (Å²) >= 11 is 0. The Morgan fingerprint density at radius 3 is 2.30 bits per heavy atom. The van der Waals surface area contributed by atoms with Crippen LogP contribution < -0.4 is 4.74 Å². The summed E-state index contributed by atoms with van der Waals surface area (Å²) in [5.74, 6) is -0.488. The van der Waals surface area contributed by atoms with E-state index in [0.29, 0.717) is 6.42 Å². The van der Waals surface area contributed by atoms with E-state index in [-0.39, 0.29) is 18.0 Å². The second kappa shape index (κ2) is 5.23. The van der Waals surface area contributed by atoms with E-state index in [2.05, 4.69) is 4.74 Å². The number of rotatable bonds is 3. The third-order valence-electron chi connectivity index (χ3n) is 2.82. The Balaban J connectivity index is 2.17. The highest BCUT2D eigenvalue weighted by atomic mass is 32.2. The van der Waals surface area contributed by atoms with Crippen LogP contribution in [0.1, 0.15) is 6.42 Å². The van der Waals surface area contributed by atoms with Crippen molar-refractivity contribution >= 4 is 10.0 Å². The number of hydrogen-bond acceptors (Lipinski definition) is 4. The number of aliphatic hydroxyl groups excluding tert-OH is 1. The van der Waals surface area contributed by atoms with Gasteiger partial charge in [0.25, 0.3) is 0 Å². The standard InChI is InChI=1S/C11H12F3NO4S/c12-11(13,14)19-9-1-3-10(4-2-9)20(17,18)15-6-5-8(16)7-15/h1-4,8,16H,5-7H2. The van der Waals surface area contributed by atoms with Crippen LogP contribution in [0.3, 0.4) is 0 Å². The molecule has 0 bridgehead atoms. The molecule has 1 aliphatic rings. The van der Waals surface area contributed by atoms with Crippen molar-refractivity contribution in [1.29, 1.82) is 0 Å². The fourth-order valence-corrected chi connectivity index (χ4v) is 3.38. The van der Waals surface area contributed by atoms with E-state index in [1.165, 1.54) is 0 Å². The number of β-amino-alcohol motifs (C(OH)–C–C–N with tert-alkyl or cyclic N) is 1. The lowest BCUT2D eigenvalue weighted by Crippen LogP contribution is -2.29. The Bertz CT molecular complexity index is 570. The zero-order valence-electron chi connectivity index (χ0n) is 10.2. The Labute approximate surface area is 113 Å². The molecule has 1 fully saturated rings. The molecule has 0 spiro atoms. The number of benzene rings is 1. The van der Waals surface area contributed by atoms with E-state index in [4.69, 9.17) is 0 Å². The van der Waals surface area contributed by atoms with E-state index in [0.717, 1.165) is 28.6 Å². The molecule has 1 aromatic rings. The summed E-state index contributed by atoms with van der Waals surface area (Å²) in [5.41, 5.74) is 0. The minimum atomic E-state index is -4.82. The summed E-state index contributed by atoms with van der Waals surface area (Å²) in [6, 6.07) is 3.96. The van der Waals surface area contributed by atoms with Crippen LogP contribution in [-0.2, 0) is 10.0 Å². The first-order chi connectivity index (χ1) is 9.18. The van der Waals surface area contributed by atoms with Crippen LogP contribution >= 0.6 is 0 Å². The Morgan fingerprint density at radius 1 is 1.25 bits per heavy atom. The van der Waals surface area contributed by atoms with Crippen molar-refractivity contribution in [3.8, 4) is 5.75 Å². The zero-order chi connectivity index (χ0) is 15.0. The molecule has 1 aliphatic heterocycles. The normalized spacial score (nSPS) is 21.1. The first-order valence-electron chi connectivity index (χ1n) is 5.72. The average Bonchev–Trinajstić information content (AvgIpc) is 2.75. The fraction of sp³-hybridized carbons (Fsp3) is 0.455. The monoisotopic (exact) mass is 311 g/mol. The SMILES string of the molecule is O=S(=O)(c1ccc(OC(F)(F)F)cc1)N1CCC(O)C1. The maximum atomic E-state index is 12.1. The summed E-state index contributed by atoms with van der Waals surface area (Å²) in [7, 11) is -3.80. The molecule has 0 amide bonds. The van der Waals surface area contributed by atoms with E-state index in [9.17, 15) is 26.7 Å². The van der Waals surface area contributed by atoms with Crippen LogP contribution in [0.25, 0.3) is 0 Å². The van der Waals surface area contributed by atoms with Crippen LogP contribution in [0.2, 0.25) is 0 Å². The minimum Gasteiger partial charge on any atom is -0.406 e. The van der Waals surface area contributed by atoms with Gasteiger partial charge in [-0.25, -0.2) is 8.42 Å². The predicted molar refractivity (Wildman–Crippen MR) is 62.5 cm³/mol. The minimum absolute atomic E-state index is 0.0108. The third-order valence-corrected chi connectivity index (χ3v) is 4.70. The second-order valence-corrected chi connectivity index (χ2v) is 6.26. The van der Waals surface area contributed by atoms with Gasteiger partial charge in [0.05, 0.1) is 11.0 Å². The van der Waals surface area contributed by atoms with Crippen molar-refractivity contribution < 1.29 is 31.4 Å². The van der Waals surface area contributed by atoms with Gasteiger partial charge in [-0.1, -0.05) is 0 Å². The van der Waals surface area contributed by atoms with E-state index in [1.54, 1.807) is 0 Å². The molecule has 112 valence electrons. The van der Waals surface area contributed by atoms with Gasteiger partial charge in [-0.05, 0) is 30.7 Å². The van der Waals surface area contributed by atoms with Crippen LogP contribution in [-0.4, -0.2) is 43.4 Å². The van der Waals surface area contributed by atoms with Crippen LogP contribution in [0.4, 0.5) is 13.2 Å². The molecule has 1 heterocycles. The third kappa shape index (κ3) is 3.41. The topological polar surface area (TPSA) is 66.8 Å². The molecule has 2 rings (SSSR count). The molecule has 1 atom stereocenters. The van der Waals surface area contributed by atoms with E-state index < -0.39 is 28.2 Å². The second-order valence-electron chi connectivity index (χ2n) is 4.32. The van der Waals surface area contributed by atoms with Crippen molar-refractivity contribution in [2.45, 2.75) is 23.8 Å². The molecule has 0 radical (unpaired) electrons. The van der Waals surface area contributed by atoms with E-state index in [1.807, 2.05) is 0 Å². The van der Waals surface area contributed by atoms with Gasteiger partial charge >= 0.3 is 6.36 Å². The van der Waals surface area contributed by atoms with Crippen LogP contribution in [0.15, 0.2) is 29.2 Å². The summed E-state index contributed by atoms with van der Waals surface area (Å²) in [5, 5.41) is 9.33. The quantitative estimate of drug-likeness (QED) is 0.915. The number of aliphatic hydroxyl groups is 1. The van der Waals surface area contributed by atoms with Crippen molar-refractivity contribution in [2.24, 2.45) is 0 Å². The van der Waals surface area contributed by atoms with Crippen LogP contribution in [0, 0.1) is 0 Å². The van der Waals surface area contributed by atoms with Crippen molar-refractivity contribution in [2.75, 3.05) is 13.1 Å². The molecule has 0 aromatic heterocycles. The van der Waals surface area contributed by atoms with Gasteiger partial charge in [0.2, 0.25) is 10.0 Å². The van der Waals surface area contributed by atoms with Crippen LogP contribution in [0.5, 0.6) is 5.75 Å². The van der Waals surface area contributed by atoms with Gasteiger partial charge in [-0.15, -0.1) is 13.2 Å². The lowest BCUT2D eigenvalue weighted by atomic mass is 10.3. The molecule has 1 unspecified atom stereocenters. The average molecular weight is 311 g/mol. The number of nitrogens with zero attached hydrogens (tertiary/aromatic N) is 1. The van der Waals surface area contributed by atoms with Crippen molar-refractivity contribution in [1.82, 2.24) is 4.31 Å². The van der Waals surface area contributed by atoms with Gasteiger partial charge in [0.1, 0.15) is 5.75 Å². The van der Waals surface area contributed by atoms with Gasteiger partial charge in [-0.2, -0.15) is 4.31 Å². The number of hydrogen-bond donors (Lipinski definition) is 1. The van der Waals surface area contributed by atoms with Gasteiger partial charge in [0, 0.05) is 13.1 Å². The zero-order valence-corrected chi connectivity index (χ0v) is 11.0.